The molecule has 0 bridgehead atoms. The van der Waals surface area contributed by atoms with Gasteiger partial charge in [0.25, 0.3) is 0 Å². The molecule has 0 aliphatic carbocycles. The Morgan fingerprint density at radius 3 is 2.16 bits per heavy atom. The Bertz CT molecular complexity index is 1350. The lowest BCUT2D eigenvalue weighted by atomic mass is 9.84. The number of hydrogen-bond acceptors (Lipinski definition) is 6. The molecular formula is C23H16F7N5O2. The highest BCUT2D eigenvalue weighted by molar-refractivity contribution is 5.63. The van der Waals surface area contributed by atoms with E-state index in [1.807, 2.05) is 0 Å². The van der Waals surface area contributed by atoms with Crippen LogP contribution in [0.4, 0.5) is 30.7 Å². The molecule has 4 aromatic rings. The zero-order chi connectivity index (χ0) is 26.8. The van der Waals surface area contributed by atoms with E-state index in [4.69, 9.17) is 0 Å². The van der Waals surface area contributed by atoms with Crippen LogP contribution in [0, 0.1) is 11.6 Å². The summed E-state index contributed by atoms with van der Waals surface area (Å²) in [5, 5.41) is 21.2. The number of tetrazole rings is 1. The summed E-state index contributed by atoms with van der Waals surface area (Å²) in [5.41, 5.74) is -4.39. The van der Waals surface area contributed by atoms with Crippen molar-refractivity contribution in [3.63, 3.8) is 0 Å². The third-order valence-electron chi connectivity index (χ3n) is 5.35. The fraction of sp³-hybridized carbons (Fsp3) is 0.217. The second kappa shape index (κ2) is 9.76. The molecule has 7 nitrogen and oxygen atoms in total. The van der Waals surface area contributed by atoms with E-state index in [0.29, 0.717) is 23.3 Å². The second-order valence-corrected chi connectivity index (χ2v) is 7.93. The molecule has 0 saturated heterocycles. The third-order valence-corrected chi connectivity index (χ3v) is 5.35. The summed E-state index contributed by atoms with van der Waals surface area (Å²) in [7, 11) is 0. The Morgan fingerprint density at radius 2 is 1.59 bits per heavy atom. The van der Waals surface area contributed by atoms with E-state index >= 15 is 8.78 Å². The molecule has 1 N–H and O–H groups in total. The van der Waals surface area contributed by atoms with Crippen LogP contribution in [0.15, 0.2) is 67.1 Å². The largest absolute Gasteiger partial charge is 0.484 e. The summed E-state index contributed by atoms with van der Waals surface area (Å²) >= 11 is 0. The molecular weight excluding hydrogens is 511 g/mol. The van der Waals surface area contributed by atoms with E-state index in [0.717, 1.165) is 29.3 Å². The van der Waals surface area contributed by atoms with Crippen LogP contribution in [-0.2, 0) is 18.1 Å². The van der Waals surface area contributed by atoms with Crippen molar-refractivity contribution in [1.29, 1.82) is 0 Å². The quantitative estimate of drug-likeness (QED) is 0.337. The van der Waals surface area contributed by atoms with Gasteiger partial charge in [-0.3, -0.25) is 4.98 Å². The lowest BCUT2D eigenvalue weighted by molar-refractivity contribution is -0.207. The first-order chi connectivity index (χ1) is 17.4. The maximum atomic E-state index is 15.8. The van der Waals surface area contributed by atoms with Gasteiger partial charge in [-0.2, -0.15) is 22.0 Å². The van der Waals surface area contributed by atoms with Gasteiger partial charge in [0.15, 0.2) is 12.2 Å². The molecule has 14 heteroatoms. The smallest absolute Gasteiger partial charge is 0.422 e. The highest BCUT2D eigenvalue weighted by Gasteiger charge is 2.58. The van der Waals surface area contributed by atoms with Gasteiger partial charge in [0.05, 0.1) is 6.54 Å². The predicted molar refractivity (Wildman–Crippen MR) is 113 cm³/mol. The molecule has 194 valence electrons. The maximum Gasteiger partial charge on any atom is 0.422 e. The Kier molecular flexibility index (Phi) is 6.86. The van der Waals surface area contributed by atoms with Crippen molar-refractivity contribution < 1.29 is 40.6 Å². The summed E-state index contributed by atoms with van der Waals surface area (Å²) in [6, 6.07) is 9.25. The van der Waals surface area contributed by atoms with Gasteiger partial charge in [0, 0.05) is 23.4 Å². The lowest BCUT2D eigenvalue weighted by Crippen LogP contribution is -2.48. The minimum Gasteiger partial charge on any atom is -0.484 e. The fourth-order valence-corrected chi connectivity index (χ4v) is 3.54. The summed E-state index contributed by atoms with van der Waals surface area (Å²) < 4.78 is 102. The minimum atomic E-state index is -4.51. The number of nitrogens with zero attached hydrogens (tertiary/aromatic N) is 5. The van der Waals surface area contributed by atoms with Crippen LogP contribution in [0.3, 0.4) is 0 Å². The van der Waals surface area contributed by atoms with E-state index in [-0.39, 0.29) is 5.75 Å². The minimum absolute atomic E-state index is 0.0498. The first-order valence-electron chi connectivity index (χ1n) is 10.4. The zero-order valence-corrected chi connectivity index (χ0v) is 18.5. The summed E-state index contributed by atoms with van der Waals surface area (Å²) in [4.78, 5) is 3.74. The van der Waals surface area contributed by atoms with Crippen LogP contribution in [0.1, 0.15) is 11.3 Å². The van der Waals surface area contributed by atoms with Crippen LogP contribution in [0.2, 0.25) is 0 Å². The van der Waals surface area contributed by atoms with Gasteiger partial charge >= 0.3 is 12.1 Å². The van der Waals surface area contributed by atoms with Gasteiger partial charge in [0.2, 0.25) is 0 Å². The van der Waals surface area contributed by atoms with Gasteiger partial charge in [-0.1, -0.05) is 18.2 Å². The maximum absolute atomic E-state index is 15.8. The van der Waals surface area contributed by atoms with Crippen molar-refractivity contribution >= 4 is 0 Å². The number of rotatable bonds is 8. The molecule has 0 saturated carbocycles. The van der Waals surface area contributed by atoms with E-state index in [9.17, 15) is 27.1 Å². The number of benzene rings is 2. The van der Waals surface area contributed by atoms with Crippen molar-refractivity contribution in [2.24, 2.45) is 0 Å². The Hall–Kier alpha value is -4.07. The van der Waals surface area contributed by atoms with Gasteiger partial charge in [-0.05, 0) is 46.3 Å². The molecule has 2 heterocycles. The van der Waals surface area contributed by atoms with Gasteiger partial charge in [-0.15, -0.1) is 5.10 Å². The second-order valence-electron chi connectivity index (χ2n) is 7.93. The normalized spacial score (nSPS) is 13.8. The van der Waals surface area contributed by atoms with E-state index in [1.165, 1.54) is 30.3 Å². The number of pyridine rings is 1. The average molecular weight is 527 g/mol. The first kappa shape index (κ1) is 26.0. The topological polar surface area (TPSA) is 86.0 Å². The number of hydrogen-bond donors (Lipinski definition) is 1. The molecule has 0 aliphatic heterocycles. The van der Waals surface area contributed by atoms with E-state index < -0.39 is 53.7 Å². The highest BCUT2D eigenvalue weighted by Crippen LogP contribution is 2.46. The zero-order valence-electron chi connectivity index (χ0n) is 18.5. The lowest BCUT2D eigenvalue weighted by Gasteiger charge is -2.35. The average Bonchev–Trinajstić information content (AvgIpc) is 3.35. The van der Waals surface area contributed by atoms with Crippen LogP contribution in [0.5, 0.6) is 5.75 Å². The predicted octanol–water partition coefficient (Wildman–Crippen LogP) is 4.63. The SMILES string of the molecule is O[C@@](Cn1cnnn1)(c1ccc(F)cc1F)C(F)(F)c1ccc(-c2ccc(OCC(F)(F)F)cc2)cn1. The van der Waals surface area contributed by atoms with Crippen LogP contribution >= 0.6 is 0 Å². The Balaban J connectivity index is 1.64. The summed E-state index contributed by atoms with van der Waals surface area (Å²) in [6.45, 7) is -2.47. The van der Waals surface area contributed by atoms with Gasteiger partial charge in [0.1, 0.15) is 29.4 Å². The molecule has 37 heavy (non-hydrogen) atoms. The molecule has 0 amide bonds. The fourth-order valence-electron chi connectivity index (χ4n) is 3.54. The number of ether oxygens (including phenoxy) is 1. The van der Waals surface area contributed by atoms with Gasteiger partial charge < -0.3 is 9.84 Å². The van der Waals surface area contributed by atoms with Crippen molar-refractivity contribution in [3.05, 3.63) is 90.0 Å². The van der Waals surface area contributed by atoms with E-state index in [2.05, 4.69) is 25.2 Å². The molecule has 0 fully saturated rings. The van der Waals surface area contributed by atoms with Crippen molar-refractivity contribution in [2.45, 2.75) is 24.2 Å². The number of aliphatic hydroxyl groups is 1. The highest BCUT2D eigenvalue weighted by atomic mass is 19.4. The molecule has 2 aromatic heterocycles. The molecule has 2 aromatic carbocycles. The first-order valence-corrected chi connectivity index (χ1v) is 10.4. The van der Waals surface area contributed by atoms with Crippen molar-refractivity contribution in [3.8, 4) is 16.9 Å². The van der Waals surface area contributed by atoms with Crippen molar-refractivity contribution in [1.82, 2.24) is 25.2 Å². The van der Waals surface area contributed by atoms with E-state index in [1.54, 1.807) is 0 Å². The van der Waals surface area contributed by atoms with Crippen molar-refractivity contribution in [2.75, 3.05) is 6.61 Å². The molecule has 0 unspecified atom stereocenters. The summed E-state index contributed by atoms with van der Waals surface area (Å²) in [6.07, 6.45) is -2.53. The number of aromatic nitrogens is 5. The van der Waals surface area contributed by atoms with Gasteiger partial charge in [-0.25, -0.2) is 13.5 Å². The molecule has 0 aliphatic rings. The number of halogens is 7. The number of alkyl halides is 5. The third kappa shape index (κ3) is 5.53. The monoisotopic (exact) mass is 527 g/mol. The molecule has 4 rings (SSSR count). The van der Waals surface area contributed by atoms with Crippen LogP contribution in [-0.4, -0.2) is 43.1 Å². The summed E-state index contributed by atoms with van der Waals surface area (Å²) in [5.74, 6) is -6.73. The molecule has 0 radical (unpaired) electrons. The molecule has 1 atom stereocenters. The van der Waals surface area contributed by atoms with Crippen LogP contribution in [0.25, 0.3) is 11.1 Å². The standard InChI is InChI=1S/C23H16F7N5O2/c24-16-4-7-18(19(25)9-16)21(36,11-35-13-32-33-34-35)23(29,30)20-8-3-15(10-31-20)14-1-5-17(6-2-14)37-12-22(26,27)28/h1-10,13,36H,11-12H2/t21-/m0/s1. The molecule has 0 spiro atoms. The Labute approximate surface area is 204 Å². The Morgan fingerprint density at radius 1 is 0.892 bits per heavy atom. The van der Waals surface area contributed by atoms with Crippen LogP contribution < -0.4 is 4.74 Å².